The summed E-state index contributed by atoms with van der Waals surface area (Å²) in [6, 6.07) is 31.8. The van der Waals surface area contributed by atoms with Crippen molar-refractivity contribution in [1.82, 2.24) is 20.9 Å². The van der Waals surface area contributed by atoms with E-state index in [9.17, 15) is 19.2 Å². The lowest BCUT2D eigenvalue weighted by Gasteiger charge is -2.26. The van der Waals surface area contributed by atoms with E-state index in [1.54, 1.807) is 43.5 Å². The molecular weight excluding hydrogens is 620 g/mol. The monoisotopic (exact) mass is 658 g/mol. The largest absolute Gasteiger partial charge is 0.445 e. The molecule has 10 heteroatoms. The lowest BCUT2D eigenvalue weighted by atomic mass is 9.94. The van der Waals surface area contributed by atoms with Crippen LogP contribution in [0.4, 0.5) is 4.79 Å². The predicted octanol–water partition coefficient (Wildman–Crippen LogP) is 4.95. The highest BCUT2D eigenvalue weighted by atomic mass is 16.6. The van der Waals surface area contributed by atoms with Gasteiger partial charge in [0.15, 0.2) is 5.78 Å². The Kier molecular flexibility index (Phi) is 10.2. The number of alkyl carbamates (subject to hydrolysis) is 1. The zero-order valence-corrected chi connectivity index (χ0v) is 27.1. The number of amides is 3. The Morgan fingerprint density at radius 2 is 1.33 bits per heavy atom. The third-order valence-electron chi connectivity index (χ3n) is 8.62. The molecule has 0 aliphatic carbocycles. The molecule has 49 heavy (non-hydrogen) atoms. The van der Waals surface area contributed by atoms with E-state index < -0.39 is 41.6 Å². The van der Waals surface area contributed by atoms with Crippen molar-refractivity contribution < 1.29 is 28.7 Å². The number of hydrogen-bond acceptors (Lipinski definition) is 6. The van der Waals surface area contributed by atoms with E-state index in [4.69, 9.17) is 9.47 Å². The molecule has 0 spiro atoms. The van der Waals surface area contributed by atoms with E-state index >= 15 is 0 Å². The second-order valence-electron chi connectivity index (χ2n) is 12.3. The first-order chi connectivity index (χ1) is 23.8. The van der Waals surface area contributed by atoms with Crippen LogP contribution in [0.5, 0.6) is 0 Å². The fourth-order valence-electron chi connectivity index (χ4n) is 5.76. The molecule has 1 saturated heterocycles. The van der Waals surface area contributed by atoms with E-state index in [1.807, 2.05) is 84.9 Å². The normalized spacial score (nSPS) is 16.9. The summed E-state index contributed by atoms with van der Waals surface area (Å²) in [5.41, 5.74) is 2.85. The summed E-state index contributed by atoms with van der Waals surface area (Å²) in [5, 5.41) is 9.38. The number of para-hydroxylation sites is 1. The van der Waals surface area contributed by atoms with Crippen LogP contribution in [0.3, 0.4) is 0 Å². The van der Waals surface area contributed by atoms with Crippen molar-refractivity contribution in [2.45, 2.75) is 50.1 Å². The van der Waals surface area contributed by atoms with Crippen molar-refractivity contribution in [2.75, 3.05) is 6.61 Å². The molecule has 4 atom stereocenters. The molecule has 5 aromatic rings. The third-order valence-corrected chi connectivity index (χ3v) is 8.62. The number of carbonyl (C=O) groups excluding carboxylic acids is 4. The number of hydrogen-bond donors (Lipinski definition) is 4. The van der Waals surface area contributed by atoms with Gasteiger partial charge in [-0.2, -0.15) is 0 Å². The number of fused-ring (bicyclic) bond motifs is 1. The number of epoxide rings is 1. The molecule has 1 fully saturated rings. The number of ether oxygens (including phenoxy) is 2. The van der Waals surface area contributed by atoms with Crippen LogP contribution in [0, 0.1) is 0 Å². The van der Waals surface area contributed by atoms with Gasteiger partial charge in [-0.1, -0.05) is 109 Å². The maximum atomic E-state index is 14.2. The van der Waals surface area contributed by atoms with E-state index in [0.717, 1.165) is 27.6 Å². The number of rotatable bonds is 14. The summed E-state index contributed by atoms with van der Waals surface area (Å²) in [7, 11) is 0. The molecule has 1 aromatic heterocycles. The van der Waals surface area contributed by atoms with Gasteiger partial charge in [-0.05, 0) is 41.7 Å². The van der Waals surface area contributed by atoms with Gasteiger partial charge in [0.05, 0.1) is 12.6 Å². The van der Waals surface area contributed by atoms with Gasteiger partial charge >= 0.3 is 6.09 Å². The summed E-state index contributed by atoms with van der Waals surface area (Å²) in [6.45, 7) is 1.99. The lowest BCUT2D eigenvalue weighted by Crippen LogP contribution is -2.56. The van der Waals surface area contributed by atoms with Crippen molar-refractivity contribution in [3.63, 3.8) is 0 Å². The van der Waals surface area contributed by atoms with Crippen LogP contribution in [-0.4, -0.2) is 53.0 Å². The number of aromatic amines is 1. The summed E-state index contributed by atoms with van der Waals surface area (Å²) < 4.78 is 10.9. The SMILES string of the molecule is C[C@@]1(C(=O)[C@H](Cc2ccccc2)NC(=O)[C@H](Cc2c[nH]c3ccccc23)NC(=O)[C@@H](NC(=O)OCc2ccccc2)c2ccccc2)CO1. The molecule has 250 valence electrons. The van der Waals surface area contributed by atoms with Gasteiger partial charge in [-0.3, -0.25) is 14.4 Å². The molecule has 2 heterocycles. The summed E-state index contributed by atoms with van der Waals surface area (Å²) in [5.74, 6) is -1.41. The lowest BCUT2D eigenvalue weighted by molar-refractivity contribution is -0.133. The Balaban J connectivity index is 1.26. The minimum atomic E-state index is -1.18. The van der Waals surface area contributed by atoms with Crippen LogP contribution in [-0.2, 0) is 43.3 Å². The van der Waals surface area contributed by atoms with E-state index in [0.29, 0.717) is 5.56 Å². The molecule has 0 radical (unpaired) electrons. The molecule has 1 aliphatic heterocycles. The fourth-order valence-corrected chi connectivity index (χ4v) is 5.76. The molecule has 1 aliphatic rings. The molecule has 6 rings (SSSR count). The van der Waals surface area contributed by atoms with Crippen LogP contribution in [0.15, 0.2) is 121 Å². The quantitative estimate of drug-likeness (QED) is 0.125. The molecule has 3 amide bonds. The number of ketones is 1. The Morgan fingerprint density at radius 3 is 2.00 bits per heavy atom. The van der Waals surface area contributed by atoms with Gasteiger partial charge in [0.2, 0.25) is 11.8 Å². The van der Waals surface area contributed by atoms with Crippen LogP contribution in [0.2, 0.25) is 0 Å². The van der Waals surface area contributed by atoms with Gasteiger partial charge in [0.1, 0.15) is 24.3 Å². The van der Waals surface area contributed by atoms with Crippen LogP contribution in [0.1, 0.15) is 35.2 Å². The summed E-state index contributed by atoms with van der Waals surface area (Å²) in [6.07, 6.45) is 1.37. The topological polar surface area (TPSA) is 142 Å². The van der Waals surface area contributed by atoms with Crippen LogP contribution < -0.4 is 16.0 Å². The van der Waals surface area contributed by atoms with Crippen LogP contribution >= 0.6 is 0 Å². The molecule has 10 nitrogen and oxygen atoms in total. The zero-order chi connectivity index (χ0) is 34.2. The smallest absolute Gasteiger partial charge is 0.408 e. The second kappa shape index (κ2) is 15.0. The van der Waals surface area contributed by atoms with Gasteiger partial charge in [-0.25, -0.2) is 4.79 Å². The number of benzene rings is 4. The predicted molar refractivity (Wildman–Crippen MR) is 184 cm³/mol. The minimum absolute atomic E-state index is 0.0147. The van der Waals surface area contributed by atoms with Gasteiger partial charge < -0.3 is 30.4 Å². The highest BCUT2D eigenvalue weighted by Crippen LogP contribution is 2.29. The Morgan fingerprint density at radius 1 is 0.735 bits per heavy atom. The van der Waals surface area contributed by atoms with Crippen molar-refractivity contribution in [1.29, 1.82) is 0 Å². The van der Waals surface area contributed by atoms with Crippen molar-refractivity contribution in [2.24, 2.45) is 0 Å². The van der Waals surface area contributed by atoms with Crippen molar-refractivity contribution >= 4 is 34.6 Å². The minimum Gasteiger partial charge on any atom is -0.445 e. The first-order valence-electron chi connectivity index (χ1n) is 16.2. The molecular formula is C39H38N4O6. The molecule has 0 unspecified atom stereocenters. The Bertz CT molecular complexity index is 1910. The van der Waals surface area contributed by atoms with Crippen LogP contribution in [0.25, 0.3) is 10.9 Å². The third kappa shape index (κ3) is 8.41. The highest BCUT2D eigenvalue weighted by Gasteiger charge is 2.50. The van der Waals surface area contributed by atoms with Gasteiger partial charge in [0.25, 0.3) is 0 Å². The van der Waals surface area contributed by atoms with Gasteiger partial charge in [-0.15, -0.1) is 0 Å². The standard InChI is InChI=1S/C39H38N4O6/c1-39(25-49-39)35(44)32(21-26-13-5-2-6-14-26)41-36(45)33(22-29-23-40-31-20-12-11-19-30(29)31)42-37(46)34(28-17-9-4-10-18-28)43-38(47)48-24-27-15-7-3-8-16-27/h2-20,23,32-34,40H,21-22,24-25H2,1H3,(H,41,45)(H,42,46)(H,43,47)/t32-,33-,34-,39-/m0/s1. The maximum Gasteiger partial charge on any atom is 0.408 e. The molecule has 4 aromatic carbocycles. The zero-order valence-electron chi connectivity index (χ0n) is 27.1. The number of H-pyrrole nitrogens is 1. The maximum absolute atomic E-state index is 14.2. The van der Waals surface area contributed by atoms with Gasteiger partial charge in [0, 0.05) is 23.5 Å². The fraction of sp³-hybridized carbons (Fsp3) is 0.231. The van der Waals surface area contributed by atoms with Crippen molar-refractivity contribution in [3.05, 3.63) is 144 Å². The second-order valence-corrected chi connectivity index (χ2v) is 12.3. The average Bonchev–Trinajstić information content (AvgIpc) is 3.76. The van der Waals surface area contributed by atoms with E-state index in [1.165, 1.54) is 0 Å². The molecule has 4 N–H and O–H groups in total. The van der Waals surface area contributed by atoms with E-state index in [-0.39, 0.29) is 31.8 Å². The number of carbonyl (C=O) groups is 4. The Labute approximate surface area is 284 Å². The number of nitrogens with one attached hydrogen (secondary N) is 4. The summed E-state index contributed by atoms with van der Waals surface area (Å²) >= 11 is 0. The van der Waals surface area contributed by atoms with Crippen molar-refractivity contribution in [3.8, 4) is 0 Å². The average molecular weight is 659 g/mol. The number of aromatic nitrogens is 1. The molecule has 0 saturated carbocycles. The Hall–Kier alpha value is -5.74. The van der Waals surface area contributed by atoms with E-state index in [2.05, 4.69) is 20.9 Å². The first-order valence-corrected chi connectivity index (χ1v) is 16.2. The highest BCUT2D eigenvalue weighted by molar-refractivity contribution is 5.99. The molecule has 0 bridgehead atoms. The summed E-state index contributed by atoms with van der Waals surface area (Å²) in [4.78, 5) is 58.1. The first kappa shape index (κ1) is 33.2. The number of Topliss-reactive ketones (excluding diaryl/α,β-unsaturated/α-hetero) is 1.